The molecule has 2 bridgehead atoms. The molecule has 1 aromatic rings. The molecule has 96 valence electrons. The Morgan fingerprint density at radius 1 is 1.11 bits per heavy atom. The first kappa shape index (κ1) is 11.8. The van der Waals surface area contributed by atoms with E-state index in [4.69, 9.17) is 0 Å². The molecule has 2 aliphatic rings. The molecule has 2 heteroatoms. The third-order valence-electron chi connectivity index (χ3n) is 5.25. The number of hydrogen-bond acceptors (Lipinski definition) is 1. The van der Waals surface area contributed by atoms with E-state index in [9.17, 15) is 9.90 Å². The summed E-state index contributed by atoms with van der Waals surface area (Å²) in [6.07, 6.45) is 6.25. The van der Waals surface area contributed by atoms with Crippen LogP contribution in [0.1, 0.15) is 37.7 Å². The molecule has 0 radical (unpaired) electrons. The zero-order valence-corrected chi connectivity index (χ0v) is 10.6. The van der Waals surface area contributed by atoms with Gasteiger partial charge in [0.1, 0.15) is 0 Å². The van der Waals surface area contributed by atoms with Gasteiger partial charge < -0.3 is 5.11 Å². The Bertz CT molecular complexity index is 418. The van der Waals surface area contributed by atoms with Crippen molar-refractivity contribution in [1.82, 2.24) is 0 Å². The van der Waals surface area contributed by atoms with E-state index in [2.05, 4.69) is 12.1 Å². The van der Waals surface area contributed by atoms with Gasteiger partial charge in [-0.05, 0) is 55.9 Å². The van der Waals surface area contributed by atoms with Crippen LogP contribution in [0, 0.1) is 17.3 Å². The molecule has 2 nitrogen and oxygen atoms in total. The van der Waals surface area contributed by atoms with Gasteiger partial charge in [0.05, 0.1) is 5.41 Å². The summed E-state index contributed by atoms with van der Waals surface area (Å²) >= 11 is 0. The van der Waals surface area contributed by atoms with Gasteiger partial charge in [0, 0.05) is 0 Å². The number of carbonyl (C=O) groups is 1. The number of carboxylic acids is 1. The Labute approximate surface area is 108 Å². The maximum absolute atomic E-state index is 11.8. The van der Waals surface area contributed by atoms with Crippen molar-refractivity contribution in [3.63, 3.8) is 0 Å². The van der Waals surface area contributed by atoms with Gasteiger partial charge in [0.25, 0.3) is 0 Å². The van der Waals surface area contributed by atoms with E-state index in [1.165, 1.54) is 5.56 Å². The van der Waals surface area contributed by atoms with Crippen molar-refractivity contribution < 1.29 is 9.90 Å². The van der Waals surface area contributed by atoms with Crippen molar-refractivity contribution in [2.75, 3.05) is 0 Å². The molecule has 2 aliphatic carbocycles. The van der Waals surface area contributed by atoms with Crippen LogP contribution in [0.25, 0.3) is 0 Å². The van der Waals surface area contributed by atoms with Gasteiger partial charge in [-0.25, -0.2) is 0 Å². The van der Waals surface area contributed by atoms with Crippen LogP contribution in [0.3, 0.4) is 0 Å². The minimum atomic E-state index is -0.538. The summed E-state index contributed by atoms with van der Waals surface area (Å²) in [7, 11) is 0. The normalized spacial score (nSPS) is 33.8. The first-order valence-corrected chi connectivity index (χ1v) is 7.01. The smallest absolute Gasteiger partial charge is 0.310 e. The van der Waals surface area contributed by atoms with Crippen LogP contribution >= 0.6 is 0 Å². The second-order valence-electron chi connectivity index (χ2n) is 5.88. The molecule has 1 N–H and O–H groups in total. The van der Waals surface area contributed by atoms with Gasteiger partial charge in [-0.3, -0.25) is 4.79 Å². The maximum Gasteiger partial charge on any atom is 0.310 e. The van der Waals surface area contributed by atoms with E-state index in [1.54, 1.807) is 0 Å². The Morgan fingerprint density at radius 3 is 2.17 bits per heavy atom. The minimum Gasteiger partial charge on any atom is -0.481 e. The highest BCUT2D eigenvalue weighted by molar-refractivity contribution is 5.76. The quantitative estimate of drug-likeness (QED) is 0.880. The van der Waals surface area contributed by atoms with Crippen molar-refractivity contribution in [3.05, 3.63) is 35.9 Å². The Balaban J connectivity index is 1.78. The highest BCUT2D eigenvalue weighted by atomic mass is 16.4. The van der Waals surface area contributed by atoms with E-state index in [0.29, 0.717) is 11.8 Å². The van der Waals surface area contributed by atoms with Crippen LogP contribution in [0.15, 0.2) is 30.3 Å². The zero-order valence-electron chi connectivity index (χ0n) is 10.6. The van der Waals surface area contributed by atoms with E-state index in [-0.39, 0.29) is 0 Å². The molecule has 0 aliphatic heterocycles. The summed E-state index contributed by atoms with van der Waals surface area (Å²) in [5.41, 5.74) is 0.861. The van der Waals surface area contributed by atoms with Crippen LogP contribution < -0.4 is 0 Å². The van der Waals surface area contributed by atoms with Crippen LogP contribution in [0.4, 0.5) is 0 Å². The number of fused-ring (bicyclic) bond motifs is 2. The van der Waals surface area contributed by atoms with Crippen molar-refractivity contribution in [2.45, 2.75) is 38.5 Å². The molecule has 0 spiro atoms. The number of benzene rings is 1. The van der Waals surface area contributed by atoms with Crippen LogP contribution in [0.5, 0.6) is 0 Å². The number of aryl methyl sites for hydroxylation is 1. The first-order chi connectivity index (χ1) is 8.73. The molecule has 0 aromatic heterocycles. The van der Waals surface area contributed by atoms with E-state index in [1.807, 2.05) is 18.2 Å². The minimum absolute atomic E-state index is 0.407. The Hall–Kier alpha value is -1.31. The van der Waals surface area contributed by atoms with Gasteiger partial charge in [-0.2, -0.15) is 0 Å². The van der Waals surface area contributed by atoms with Crippen LogP contribution in [0.2, 0.25) is 0 Å². The van der Waals surface area contributed by atoms with Crippen molar-refractivity contribution in [2.24, 2.45) is 17.3 Å². The number of carboxylic acid groups (broad SMARTS) is 1. The van der Waals surface area contributed by atoms with E-state index < -0.39 is 11.4 Å². The lowest BCUT2D eigenvalue weighted by Crippen LogP contribution is -2.36. The second-order valence-corrected chi connectivity index (χ2v) is 5.88. The van der Waals surface area contributed by atoms with Gasteiger partial charge in [0.15, 0.2) is 0 Å². The Kier molecular flexibility index (Phi) is 2.89. The van der Waals surface area contributed by atoms with E-state index in [0.717, 1.165) is 38.5 Å². The van der Waals surface area contributed by atoms with Crippen molar-refractivity contribution in [3.8, 4) is 0 Å². The fourth-order valence-electron chi connectivity index (χ4n) is 4.32. The number of rotatable bonds is 4. The molecule has 1 aromatic carbocycles. The number of aliphatic carboxylic acids is 1. The average molecular weight is 244 g/mol. The van der Waals surface area contributed by atoms with E-state index >= 15 is 0 Å². The number of hydrogen-bond donors (Lipinski definition) is 1. The molecular formula is C16H20O2. The molecule has 0 amide bonds. The third-order valence-corrected chi connectivity index (χ3v) is 5.25. The Morgan fingerprint density at radius 2 is 1.67 bits per heavy atom. The predicted octanol–water partition coefficient (Wildman–Crippen LogP) is 3.51. The molecule has 0 saturated heterocycles. The van der Waals surface area contributed by atoms with Gasteiger partial charge in [-0.15, -0.1) is 0 Å². The molecule has 0 atom stereocenters. The maximum atomic E-state index is 11.8. The topological polar surface area (TPSA) is 37.3 Å². The lowest BCUT2D eigenvalue weighted by atomic mass is 9.73. The first-order valence-electron chi connectivity index (χ1n) is 7.01. The van der Waals surface area contributed by atoms with Gasteiger partial charge in [-0.1, -0.05) is 30.3 Å². The predicted molar refractivity (Wildman–Crippen MR) is 70.3 cm³/mol. The second kappa shape index (κ2) is 4.42. The molecule has 2 saturated carbocycles. The summed E-state index contributed by atoms with van der Waals surface area (Å²) in [6.45, 7) is 0. The van der Waals surface area contributed by atoms with Crippen molar-refractivity contribution >= 4 is 5.97 Å². The highest BCUT2D eigenvalue weighted by Gasteiger charge is 2.58. The summed E-state index contributed by atoms with van der Waals surface area (Å²) in [5.74, 6) is 0.329. The molecule has 3 rings (SSSR count). The fourth-order valence-corrected chi connectivity index (χ4v) is 4.32. The molecular weight excluding hydrogens is 224 g/mol. The fraction of sp³-hybridized carbons (Fsp3) is 0.562. The average Bonchev–Trinajstić information content (AvgIpc) is 2.93. The monoisotopic (exact) mass is 244 g/mol. The molecule has 18 heavy (non-hydrogen) atoms. The summed E-state index contributed by atoms with van der Waals surface area (Å²) in [6, 6.07) is 10.3. The lowest BCUT2D eigenvalue weighted by molar-refractivity contribution is -0.152. The summed E-state index contributed by atoms with van der Waals surface area (Å²) in [4.78, 5) is 11.8. The third kappa shape index (κ3) is 1.66. The lowest BCUT2D eigenvalue weighted by Gasteiger charge is -2.29. The van der Waals surface area contributed by atoms with Crippen LogP contribution in [-0.2, 0) is 11.2 Å². The highest BCUT2D eigenvalue weighted by Crippen LogP contribution is 2.60. The van der Waals surface area contributed by atoms with Crippen LogP contribution in [-0.4, -0.2) is 11.1 Å². The molecule has 2 fully saturated rings. The zero-order chi connectivity index (χ0) is 12.6. The largest absolute Gasteiger partial charge is 0.481 e. The standard InChI is InChI=1S/C16H20O2/c17-15(18)16(13-6-7-14(16)9-8-13)11-10-12-4-2-1-3-5-12/h1-5,13-14H,6-11H2,(H,17,18). The summed E-state index contributed by atoms with van der Waals surface area (Å²) in [5, 5.41) is 9.72. The molecule has 0 unspecified atom stereocenters. The SMILES string of the molecule is O=C(O)C1(CCc2ccccc2)C2CCC1CC2. The molecule has 0 heterocycles. The van der Waals surface area contributed by atoms with Gasteiger partial charge in [0.2, 0.25) is 0 Å². The van der Waals surface area contributed by atoms with Gasteiger partial charge >= 0.3 is 5.97 Å². The summed E-state index contributed by atoms with van der Waals surface area (Å²) < 4.78 is 0. The van der Waals surface area contributed by atoms with Crippen molar-refractivity contribution in [1.29, 1.82) is 0 Å².